The van der Waals surface area contributed by atoms with Crippen LogP contribution in [0.2, 0.25) is 0 Å². The molecule has 0 bridgehead atoms. The zero-order valence-electron chi connectivity index (χ0n) is 17.8. The second-order valence-corrected chi connectivity index (χ2v) is 7.11. The second kappa shape index (κ2) is 9.38. The van der Waals surface area contributed by atoms with E-state index in [1.54, 1.807) is 35.2 Å². The molecular formula is C23H22N8. The van der Waals surface area contributed by atoms with Crippen LogP contribution in [0.5, 0.6) is 0 Å². The van der Waals surface area contributed by atoms with Crippen molar-refractivity contribution in [1.29, 1.82) is 10.5 Å². The molecule has 8 nitrogen and oxygen atoms in total. The molecule has 1 aromatic heterocycles. The maximum Gasteiger partial charge on any atom is 0.233 e. The smallest absolute Gasteiger partial charge is 0.233 e. The molecule has 1 heterocycles. The minimum absolute atomic E-state index is 0.384. The number of allylic oxidation sites excluding steroid dienone is 1. The predicted octanol–water partition coefficient (Wildman–Crippen LogP) is 4.45. The first-order valence-electron chi connectivity index (χ1n) is 9.54. The lowest BCUT2D eigenvalue weighted by molar-refractivity contribution is 0.965. The van der Waals surface area contributed by atoms with E-state index in [1.165, 1.54) is 6.08 Å². The molecule has 0 aliphatic heterocycles. The maximum absolute atomic E-state index is 8.96. The van der Waals surface area contributed by atoms with Gasteiger partial charge in [-0.3, -0.25) is 0 Å². The Hall–Kier alpha value is -4.43. The molecule has 0 amide bonds. The van der Waals surface area contributed by atoms with E-state index in [9.17, 15) is 0 Å². The summed E-state index contributed by atoms with van der Waals surface area (Å²) in [5.41, 5.74) is 5.21. The molecule has 0 spiro atoms. The Bertz CT molecular complexity index is 1170. The van der Waals surface area contributed by atoms with Gasteiger partial charge >= 0.3 is 0 Å². The van der Waals surface area contributed by atoms with Crippen molar-refractivity contribution >= 4 is 35.3 Å². The highest BCUT2D eigenvalue weighted by Gasteiger charge is 2.12. The maximum atomic E-state index is 8.96. The minimum Gasteiger partial charge on any atom is -0.347 e. The van der Waals surface area contributed by atoms with E-state index in [1.807, 2.05) is 46.1 Å². The number of anilines is 5. The van der Waals surface area contributed by atoms with E-state index >= 15 is 0 Å². The Kier molecular flexibility index (Phi) is 6.44. The number of nitrogens with zero attached hydrogens (tertiary/aromatic N) is 6. The molecule has 0 aliphatic carbocycles. The van der Waals surface area contributed by atoms with Gasteiger partial charge in [-0.1, -0.05) is 0 Å². The number of aromatic nitrogens is 3. The number of benzene rings is 2. The molecule has 31 heavy (non-hydrogen) atoms. The number of nitrogens with one attached hydrogen (secondary N) is 2. The average molecular weight is 410 g/mol. The van der Waals surface area contributed by atoms with Gasteiger partial charge in [-0.25, -0.2) is 0 Å². The molecule has 3 rings (SSSR count). The second-order valence-electron chi connectivity index (χ2n) is 7.11. The fourth-order valence-corrected chi connectivity index (χ4v) is 2.97. The molecule has 0 saturated heterocycles. The van der Waals surface area contributed by atoms with E-state index in [0.29, 0.717) is 23.4 Å². The highest BCUT2D eigenvalue weighted by atomic mass is 15.3. The van der Waals surface area contributed by atoms with Gasteiger partial charge in [-0.2, -0.15) is 25.5 Å². The van der Waals surface area contributed by atoms with Crippen LogP contribution in [0.25, 0.3) is 6.08 Å². The molecule has 2 aromatic carbocycles. The van der Waals surface area contributed by atoms with Crippen LogP contribution in [0, 0.1) is 36.5 Å². The van der Waals surface area contributed by atoms with Gasteiger partial charge < -0.3 is 15.5 Å². The van der Waals surface area contributed by atoms with Crippen LogP contribution in [0.15, 0.2) is 42.5 Å². The van der Waals surface area contributed by atoms with Crippen molar-refractivity contribution in [3.63, 3.8) is 0 Å². The van der Waals surface area contributed by atoms with Gasteiger partial charge in [-0.15, -0.1) is 0 Å². The average Bonchev–Trinajstić information content (AvgIpc) is 2.75. The molecule has 8 heteroatoms. The molecule has 0 saturated carbocycles. The van der Waals surface area contributed by atoms with Crippen LogP contribution < -0.4 is 15.5 Å². The molecule has 0 aliphatic rings. The zero-order valence-corrected chi connectivity index (χ0v) is 17.8. The number of hydrogen-bond acceptors (Lipinski definition) is 8. The summed E-state index contributed by atoms with van der Waals surface area (Å²) in [7, 11) is 3.72. The summed E-state index contributed by atoms with van der Waals surface area (Å²) in [5, 5.41) is 24.2. The predicted molar refractivity (Wildman–Crippen MR) is 122 cm³/mol. The third-order valence-corrected chi connectivity index (χ3v) is 4.44. The van der Waals surface area contributed by atoms with Gasteiger partial charge in [0.1, 0.15) is 0 Å². The first kappa shape index (κ1) is 21.3. The summed E-state index contributed by atoms with van der Waals surface area (Å²) in [6.07, 6.45) is 3.23. The standard InChI is InChI=1S/C23H22N8/c1-15-12-18(6-5-11-24)13-16(2)20(15)27-22-28-21(29-23(30-22)31(3)4)26-19-9-7-17(14-25)8-10-19/h5-10,12-13H,1-4H3,(H2,26,27,28,29,30). The van der Waals surface area contributed by atoms with Gasteiger partial charge in [-0.05, 0) is 73.0 Å². The third kappa shape index (κ3) is 5.34. The van der Waals surface area contributed by atoms with Gasteiger partial charge in [0, 0.05) is 31.5 Å². The van der Waals surface area contributed by atoms with Crippen molar-refractivity contribution in [3.8, 4) is 12.1 Å². The van der Waals surface area contributed by atoms with E-state index in [0.717, 1.165) is 28.1 Å². The zero-order chi connectivity index (χ0) is 22.4. The highest BCUT2D eigenvalue weighted by Crippen LogP contribution is 2.26. The Labute approximate surface area is 181 Å². The first-order valence-corrected chi connectivity index (χ1v) is 9.54. The number of aryl methyl sites for hydroxylation is 2. The summed E-state index contributed by atoms with van der Waals surface area (Å²) in [5.74, 6) is 1.29. The summed E-state index contributed by atoms with van der Waals surface area (Å²) in [6.45, 7) is 3.98. The summed E-state index contributed by atoms with van der Waals surface area (Å²) >= 11 is 0. The molecule has 0 radical (unpaired) electrons. The third-order valence-electron chi connectivity index (χ3n) is 4.44. The number of hydrogen-bond donors (Lipinski definition) is 2. The SMILES string of the molecule is Cc1cc(C=CC#N)cc(C)c1Nc1nc(Nc2ccc(C#N)cc2)nc(N(C)C)n1. The van der Waals surface area contributed by atoms with E-state index in [2.05, 4.69) is 31.7 Å². The van der Waals surface area contributed by atoms with Gasteiger partial charge in [0.2, 0.25) is 17.8 Å². The molecule has 2 N–H and O–H groups in total. The lowest BCUT2D eigenvalue weighted by Gasteiger charge is -2.16. The monoisotopic (exact) mass is 410 g/mol. The fourth-order valence-electron chi connectivity index (χ4n) is 2.97. The van der Waals surface area contributed by atoms with Crippen LogP contribution in [-0.2, 0) is 0 Å². The van der Waals surface area contributed by atoms with Crippen molar-refractivity contribution < 1.29 is 0 Å². The summed E-state index contributed by atoms with van der Waals surface area (Å²) in [6, 6.07) is 15.1. The number of nitriles is 2. The van der Waals surface area contributed by atoms with Crippen molar-refractivity contribution in [2.75, 3.05) is 29.6 Å². The molecule has 0 fully saturated rings. The number of rotatable bonds is 6. The van der Waals surface area contributed by atoms with Gasteiger partial charge in [0.05, 0.1) is 17.7 Å². The molecule has 0 atom stereocenters. The van der Waals surface area contributed by atoms with Gasteiger partial charge in [0.15, 0.2) is 0 Å². The summed E-state index contributed by atoms with van der Waals surface area (Å²) < 4.78 is 0. The molecular weight excluding hydrogens is 388 g/mol. The van der Waals surface area contributed by atoms with Crippen LogP contribution in [0.1, 0.15) is 22.3 Å². The van der Waals surface area contributed by atoms with Crippen LogP contribution in [-0.4, -0.2) is 29.0 Å². The highest BCUT2D eigenvalue weighted by molar-refractivity contribution is 5.68. The Morgan fingerprint density at radius 3 is 2.06 bits per heavy atom. The molecule has 3 aromatic rings. The van der Waals surface area contributed by atoms with Crippen LogP contribution >= 0.6 is 0 Å². The van der Waals surface area contributed by atoms with Crippen molar-refractivity contribution in [1.82, 2.24) is 15.0 Å². The Morgan fingerprint density at radius 2 is 1.52 bits per heavy atom. The summed E-state index contributed by atoms with van der Waals surface area (Å²) in [4.78, 5) is 15.3. The van der Waals surface area contributed by atoms with Crippen molar-refractivity contribution in [2.24, 2.45) is 0 Å². The van der Waals surface area contributed by atoms with E-state index in [-0.39, 0.29) is 0 Å². The topological polar surface area (TPSA) is 114 Å². The van der Waals surface area contributed by atoms with Crippen LogP contribution in [0.3, 0.4) is 0 Å². The molecule has 0 unspecified atom stereocenters. The van der Waals surface area contributed by atoms with Crippen molar-refractivity contribution in [3.05, 3.63) is 64.7 Å². The Balaban J connectivity index is 1.93. The fraction of sp³-hybridized carbons (Fsp3) is 0.174. The largest absolute Gasteiger partial charge is 0.347 e. The van der Waals surface area contributed by atoms with Crippen molar-refractivity contribution in [2.45, 2.75) is 13.8 Å². The lowest BCUT2D eigenvalue weighted by atomic mass is 10.0. The van der Waals surface area contributed by atoms with E-state index in [4.69, 9.17) is 10.5 Å². The normalized spacial score (nSPS) is 10.4. The van der Waals surface area contributed by atoms with E-state index < -0.39 is 0 Å². The Morgan fingerprint density at radius 1 is 0.903 bits per heavy atom. The molecule has 154 valence electrons. The lowest BCUT2D eigenvalue weighted by Crippen LogP contribution is -2.16. The minimum atomic E-state index is 0.384. The van der Waals surface area contributed by atoms with Crippen LogP contribution in [0.4, 0.5) is 29.2 Å². The van der Waals surface area contributed by atoms with Gasteiger partial charge in [0.25, 0.3) is 0 Å². The first-order chi connectivity index (χ1) is 14.9. The quantitative estimate of drug-likeness (QED) is 0.573.